The van der Waals surface area contributed by atoms with Crippen LogP contribution in [0.15, 0.2) is 83.4 Å². The van der Waals surface area contributed by atoms with Crippen molar-refractivity contribution in [3.63, 3.8) is 0 Å². The van der Waals surface area contributed by atoms with Gasteiger partial charge in [-0.15, -0.1) is 0 Å². The van der Waals surface area contributed by atoms with Crippen molar-refractivity contribution in [3.8, 4) is 39.5 Å². The number of pyridine rings is 1. The van der Waals surface area contributed by atoms with Crippen molar-refractivity contribution in [2.24, 2.45) is 0 Å². The number of fused-ring (bicyclic) bond motifs is 2. The Morgan fingerprint density at radius 1 is 0.617 bits per heavy atom. The standard InChI is InChI=1S/C43H48N2O2/c1-25(2)27-21-33(39-37(22-27)47-40(45-39)35-23-30(41(3,4)5)14-15-36(35)46)28-17-29(20-31(19-28)42(6,7)8)34-24-32(43(9,10)11)18-26-13-12-16-44-38(26)34/h12-25,46H,1-11H3. The average Bonchev–Trinajstić information content (AvgIpc) is 3.42. The van der Waals surface area contributed by atoms with Gasteiger partial charge in [0.15, 0.2) is 5.58 Å². The summed E-state index contributed by atoms with van der Waals surface area (Å²) in [6.45, 7) is 24.5. The maximum absolute atomic E-state index is 11.0. The highest BCUT2D eigenvalue weighted by atomic mass is 16.3. The summed E-state index contributed by atoms with van der Waals surface area (Å²) in [6, 6.07) is 25.8. The van der Waals surface area contributed by atoms with E-state index in [1.807, 2.05) is 24.4 Å². The van der Waals surface area contributed by atoms with Crippen molar-refractivity contribution in [2.45, 2.75) is 98.3 Å². The van der Waals surface area contributed by atoms with Crippen molar-refractivity contribution in [2.75, 3.05) is 0 Å². The van der Waals surface area contributed by atoms with Gasteiger partial charge in [0.1, 0.15) is 11.3 Å². The molecule has 4 aromatic carbocycles. The summed E-state index contributed by atoms with van der Waals surface area (Å²) < 4.78 is 6.50. The molecule has 0 fully saturated rings. The van der Waals surface area contributed by atoms with Gasteiger partial charge in [0, 0.05) is 22.7 Å². The molecule has 47 heavy (non-hydrogen) atoms. The predicted molar refractivity (Wildman–Crippen MR) is 197 cm³/mol. The Kier molecular flexibility index (Phi) is 7.86. The molecular weight excluding hydrogens is 576 g/mol. The number of hydrogen-bond acceptors (Lipinski definition) is 4. The molecule has 4 heteroatoms. The number of rotatable bonds is 4. The lowest BCUT2D eigenvalue weighted by molar-refractivity contribution is 0.472. The molecule has 0 saturated carbocycles. The van der Waals surface area contributed by atoms with E-state index in [0.29, 0.717) is 17.0 Å². The molecule has 6 aromatic rings. The van der Waals surface area contributed by atoms with E-state index >= 15 is 0 Å². The number of aromatic nitrogens is 2. The molecule has 0 aliphatic heterocycles. The predicted octanol–water partition coefficient (Wildman–Crippen LogP) is 12.1. The molecule has 0 saturated heterocycles. The van der Waals surface area contributed by atoms with Crippen LogP contribution in [0.3, 0.4) is 0 Å². The topological polar surface area (TPSA) is 59.2 Å². The third-order valence-electron chi connectivity index (χ3n) is 9.27. The van der Waals surface area contributed by atoms with Gasteiger partial charge in [-0.3, -0.25) is 4.98 Å². The normalized spacial score (nSPS) is 12.9. The Hall–Kier alpha value is -4.44. The molecule has 0 spiro atoms. The second kappa shape index (κ2) is 11.4. The fourth-order valence-corrected chi connectivity index (χ4v) is 6.11. The van der Waals surface area contributed by atoms with Gasteiger partial charge in [0.25, 0.3) is 0 Å². The molecule has 2 aromatic heterocycles. The maximum atomic E-state index is 11.0. The van der Waals surface area contributed by atoms with E-state index in [-0.39, 0.29) is 27.9 Å². The van der Waals surface area contributed by atoms with Crippen molar-refractivity contribution in [3.05, 3.63) is 101 Å². The zero-order valence-corrected chi connectivity index (χ0v) is 29.8. The summed E-state index contributed by atoms with van der Waals surface area (Å²) in [4.78, 5) is 9.98. The van der Waals surface area contributed by atoms with Gasteiger partial charge >= 0.3 is 0 Å². The molecule has 242 valence electrons. The van der Waals surface area contributed by atoms with Crippen LogP contribution < -0.4 is 0 Å². The van der Waals surface area contributed by atoms with Gasteiger partial charge in [0.05, 0.1) is 11.1 Å². The highest BCUT2D eigenvalue weighted by molar-refractivity contribution is 5.98. The maximum Gasteiger partial charge on any atom is 0.231 e. The van der Waals surface area contributed by atoms with E-state index in [4.69, 9.17) is 14.4 Å². The van der Waals surface area contributed by atoms with Gasteiger partial charge in [-0.25, -0.2) is 4.98 Å². The van der Waals surface area contributed by atoms with E-state index in [0.717, 1.165) is 44.2 Å². The molecule has 2 heterocycles. The van der Waals surface area contributed by atoms with Gasteiger partial charge in [-0.05, 0) is 104 Å². The first-order valence-electron chi connectivity index (χ1n) is 16.7. The van der Waals surface area contributed by atoms with E-state index in [9.17, 15) is 5.11 Å². The molecule has 0 unspecified atom stereocenters. The van der Waals surface area contributed by atoms with Crippen molar-refractivity contribution < 1.29 is 9.52 Å². The van der Waals surface area contributed by atoms with Crippen LogP contribution in [0.25, 0.3) is 55.7 Å². The van der Waals surface area contributed by atoms with E-state index in [1.54, 1.807) is 6.07 Å². The van der Waals surface area contributed by atoms with Crippen LogP contribution in [-0.4, -0.2) is 15.1 Å². The van der Waals surface area contributed by atoms with Gasteiger partial charge in [0.2, 0.25) is 5.89 Å². The summed E-state index contributed by atoms with van der Waals surface area (Å²) in [5, 5.41) is 12.1. The Morgan fingerprint density at radius 2 is 1.21 bits per heavy atom. The molecule has 0 radical (unpaired) electrons. The van der Waals surface area contributed by atoms with Crippen LogP contribution >= 0.6 is 0 Å². The summed E-state index contributed by atoms with van der Waals surface area (Å²) in [5.41, 5.74) is 12.0. The van der Waals surface area contributed by atoms with Crippen molar-refractivity contribution in [1.29, 1.82) is 0 Å². The summed E-state index contributed by atoms with van der Waals surface area (Å²) in [5.74, 6) is 0.863. The fourth-order valence-electron chi connectivity index (χ4n) is 6.11. The molecule has 0 atom stereocenters. The van der Waals surface area contributed by atoms with Crippen LogP contribution in [0.5, 0.6) is 5.75 Å². The zero-order valence-electron chi connectivity index (χ0n) is 29.8. The smallest absolute Gasteiger partial charge is 0.231 e. The summed E-state index contributed by atoms with van der Waals surface area (Å²) in [7, 11) is 0. The third-order valence-corrected chi connectivity index (χ3v) is 9.27. The molecule has 4 nitrogen and oxygen atoms in total. The molecule has 0 bridgehead atoms. The minimum absolute atomic E-state index is 0.0199. The largest absolute Gasteiger partial charge is 0.507 e. The quantitative estimate of drug-likeness (QED) is 0.212. The van der Waals surface area contributed by atoms with Crippen LogP contribution in [-0.2, 0) is 16.2 Å². The summed E-state index contributed by atoms with van der Waals surface area (Å²) in [6.07, 6.45) is 1.88. The Bertz CT molecular complexity index is 2130. The lowest BCUT2D eigenvalue weighted by Crippen LogP contribution is -2.12. The highest BCUT2D eigenvalue weighted by Crippen LogP contribution is 2.42. The SMILES string of the molecule is CC(C)c1cc(-c2cc(-c3cc(C(C)(C)C)cc4cccnc34)cc(C(C)(C)C)c2)c2nc(-c3cc(C(C)(C)C)ccc3O)oc2c1. The number of phenolic OH excluding ortho intramolecular Hbond substituents is 1. The molecular formula is C43H48N2O2. The van der Waals surface area contributed by atoms with E-state index < -0.39 is 0 Å². The summed E-state index contributed by atoms with van der Waals surface area (Å²) >= 11 is 0. The lowest BCUT2D eigenvalue weighted by atomic mass is 9.81. The second-order valence-electron chi connectivity index (χ2n) is 16.5. The van der Waals surface area contributed by atoms with Crippen molar-refractivity contribution >= 4 is 22.0 Å². The van der Waals surface area contributed by atoms with Gasteiger partial charge < -0.3 is 9.52 Å². The Morgan fingerprint density at radius 3 is 1.83 bits per heavy atom. The van der Waals surface area contributed by atoms with Crippen LogP contribution in [0.4, 0.5) is 0 Å². The lowest BCUT2D eigenvalue weighted by Gasteiger charge is -2.24. The number of aromatic hydroxyl groups is 1. The molecule has 0 aliphatic rings. The van der Waals surface area contributed by atoms with Crippen LogP contribution in [0.1, 0.15) is 104 Å². The zero-order chi connectivity index (χ0) is 34.1. The number of oxazole rings is 1. The van der Waals surface area contributed by atoms with Gasteiger partial charge in [-0.2, -0.15) is 0 Å². The third kappa shape index (κ3) is 6.31. The Balaban J connectivity index is 1.65. The second-order valence-corrected chi connectivity index (χ2v) is 16.5. The average molecular weight is 625 g/mol. The molecule has 1 N–H and O–H groups in total. The number of nitrogens with zero attached hydrogens (tertiary/aromatic N) is 2. The van der Waals surface area contributed by atoms with E-state index in [2.05, 4.69) is 125 Å². The molecule has 0 amide bonds. The minimum atomic E-state index is -0.0986. The number of hydrogen-bond donors (Lipinski definition) is 1. The Labute approximate surface area is 279 Å². The highest BCUT2D eigenvalue weighted by Gasteiger charge is 2.24. The van der Waals surface area contributed by atoms with Crippen molar-refractivity contribution in [1.82, 2.24) is 9.97 Å². The first kappa shape index (κ1) is 32.5. The van der Waals surface area contributed by atoms with E-state index in [1.165, 1.54) is 16.7 Å². The number of phenols is 1. The number of benzene rings is 4. The fraction of sp³-hybridized carbons (Fsp3) is 0.349. The first-order chi connectivity index (χ1) is 21.9. The molecule has 0 aliphatic carbocycles. The molecule has 6 rings (SSSR count). The van der Waals surface area contributed by atoms with Crippen LogP contribution in [0.2, 0.25) is 0 Å². The van der Waals surface area contributed by atoms with Gasteiger partial charge in [-0.1, -0.05) is 100 Å². The van der Waals surface area contributed by atoms with Crippen LogP contribution in [0, 0.1) is 0 Å². The minimum Gasteiger partial charge on any atom is -0.507 e. The monoisotopic (exact) mass is 624 g/mol. The first-order valence-corrected chi connectivity index (χ1v) is 16.7.